The Bertz CT molecular complexity index is 1150. The zero-order valence-corrected chi connectivity index (χ0v) is 18.0. The van der Waals surface area contributed by atoms with Crippen LogP contribution < -0.4 is 10.6 Å². The van der Waals surface area contributed by atoms with Gasteiger partial charge in [-0.05, 0) is 45.0 Å². The molecule has 0 radical (unpaired) electrons. The Kier molecular flexibility index (Phi) is 6.00. The van der Waals surface area contributed by atoms with E-state index in [1.54, 1.807) is 6.26 Å². The SMILES string of the molecule is Cc1ccc(-n2nc(C)c(NC(=O)C[NH2+][C@@H](c3ccccc3)c3ccco3)c2C)cc1. The number of aryl methyl sites for hydroxylation is 2. The van der Waals surface area contributed by atoms with E-state index in [0.717, 1.165) is 34.1 Å². The zero-order valence-electron chi connectivity index (χ0n) is 18.0. The number of nitrogens with two attached hydrogens (primary N) is 1. The van der Waals surface area contributed by atoms with E-state index in [1.807, 2.05) is 78.4 Å². The second-order valence-corrected chi connectivity index (χ2v) is 7.68. The topological polar surface area (TPSA) is 76.7 Å². The molecular weight excluding hydrogens is 388 g/mol. The van der Waals surface area contributed by atoms with Gasteiger partial charge in [-0.1, -0.05) is 48.0 Å². The smallest absolute Gasteiger partial charge is 0.279 e. The molecule has 1 atom stereocenters. The van der Waals surface area contributed by atoms with Crippen LogP contribution in [0.1, 0.15) is 34.3 Å². The molecule has 2 heterocycles. The summed E-state index contributed by atoms with van der Waals surface area (Å²) in [6, 6.07) is 21.9. The summed E-state index contributed by atoms with van der Waals surface area (Å²) in [5.74, 6) is 0.737. The lowest BCUT2D eigenvalue weighted by atomic mass is 10.0. The Morgan fingerprint density at radius 2 is 1.77 bits per heavy atom. The van der Waals surface area contributed by atoms with E-state index in [4.69, 9.17) is 4.42 Å². The van der Waals surface area contributed by atoms with Gasteiger partial charge in [-0.3, -0.25) is 4.79 Å². The highest BCUT2D eigenvalue weighted by molar-refractivity contribution is 5.92. The first-order valence-electron chi connectivity index (χ1n) is 10.4. The summed E-state index contributed by atoms with van der Waals surface area (Å²) in [7, 11) is 0. The van der Waals surface area contributed by atoms with Crippen molar-refractivity contribution in [2.45, 2.75) is 26.8 Å². The summed E-state index contributed by atoms with van der Waals surface area (Å²) < 4.78 is 7.49. The molecule has 2 aromatic carbocycles. The minimum atomic E-state index is -0.0839. The lowest BCUT2D eigenvalue weighted by molar-refractivity contribution is -0.678. The van der Waals surface area contributed by atoms with E-state index in [2.05, 4.69) is 29.5 Å². The number of nitrogens with one attached hydrogen (secondary N) is 1. The van der Waals surface area contributed by atoms with Crippen LogP contribution in [0.3, 0.4) is 0 Å². The van der Waals surface area contributed by atoms with Crippen molar-refractivity contribution < 1.29 is 14.5 Å². The lowest BCUT2D eigenvalue weighted by Gasteiger charge is -2.14. The van der Waals surface area contributed by atoms with Gasteiger partial charge in [-0.15, -0.1) is 0 Å². The number of quaternary nitrogens is 1. The van der Waals surface area contributed by atoms with Gasteiger partial charge in [0, 0.05) is 5.56 Å². The van der Waals surface area contributed by atoms with Crippen molar-refractivity contribution in [2.24, 2.45) is 0 Å². The van der Waals surface area contributed by atoms with Crippen LogP contribution in [0, 0.1) is 20.8 Å². The van der Waals surface area contributed by atoms with Crippen molar-refractivity contribution in [3.05, 3.63) is 101 Å². The maximum absolute atomic E-state index is 12.8. The molecule has 4 rings (SSSR count). The molecule has 0 saturated carbocycles. The normalized spacial score (nSPS) is 12.0. The number of aromatic nitrogens is 2. The first kappa shape index (κ1) is 20.6. The Morgan fingerprint density at radius 1 is 1.03 bits per heavy atom. The number of hydrogen-bond acceptors (Lipinski definition) is 3. The molecule has 0 spiro atoms. The van der Waals surface area contributed by atoms with Crippen LogP contribution >= 0.6 is 0 Å². The maximum Gasteiger partial charge on any atom is 0.279 e. The minimum Gasteiger partial charge on any atom is -0.463 e. The van der Waals surface area contributed by atoms with E-state index in [-0.39, 0.29) is 18.5 Å². The predicted molar refractivity (Wildman–Crippen MR) is 120 cm³/mol. The van der Waals surface area contributed by atoms with Crippen molar-refractivity contribution in [1.82, 2.24) is 9.78 Å². The summed E-state index contributed by atoms with van der Waals surface area (Å²) in [5, 5.41) is 9.66. The third kappa shape index (κ3) is 4.59. The number of rotatable bonds is 7. The van der Waals surface area contributed by atoms with Gasteiger partial charge in [-0.2, -0.15) is 5.10 Å². The van der Waals surface area contributed by atoms with Crippen molar-refractivity contribution in [3.8, 4) is 5.69 Å². The molecule has 3 N–H and O–H groups in total. The molecule has 0 aliphatic carbocycles. The average Bonchev–Trinajstić information content (AvgIpc) is 3.40. The van der Waals surface area contributed by atoms with Gasteiger partial charge < -0.3 is 15.1 Å². The second kappa shape index (κ2) is 9.02. The molecule has 2 aromatic heterocycles. The maximum atomic E-state index is 12.8. The molecule has 6 nitrogen and oxygen atoms in total. The van der Waals surface area contributed by atoms with Crippen molar-refractivity contribution in [2.75, 3.05) is 11.9 Å². The Balaban J connectivity index is 1.48. The number of carbonyl (C=O) groups is 1. The Morgan fingerprint density at radius 3 is 2.45 bits per heavy atom. The zero-order chi connectivity index (χ0) is 21.8. The molecule has 31 heavy (non-hydrogen) atoms. The number of furan rings is 1. The number of nitrogens with zero attached hydrogens (tertiary/aromatic N) is 2. The Hall–Kier alpha value is -3.64. The van der Waals surface area contributed by atoms with E-state index in [1.165, 1.54) is 5.56 Å². The summed E-state index contributed by atoms with van der Waals surface area (Å²) >= 11 is 0. The van der Waals surface area contributed by atoms with Crippen LogP contribution in [-0.4, -0.2) is 22.2 Å². The van der Waals surface area contributed by atoms with Crippen LogP contribution in [0.25, 0.3) is 5.69 Å². The highest BCUT2D eigenvalue weighted by atomic mass is 16.3. The molecule has 0 unspecified atom stereocenters. The fourth-order valence-corrected chi connectivity index (χ4v) is 3.72. The molecule has 0 saturated heterocycles. The molecule has 4 aromatic rings. The first-order chi connectivity index (χ1) is 15.0. The first-order valence-corrected chi connectivity index (χ1v) is 10.4. The monoisotopic (exact) mass is 415 g/mol. The summed E-state index contributed by atoms with van der Waals surface area (Å²) in [6.07, 6.45) is 1.66. The van der Waals surface area contributed by atoms with Gasteiger partial charge >= 0.3 is 0 Å². The third-order valence-electron chi connectivity index (χ3n) is 5.38. The third-order valence-corrected chi connectivity index (χ3v) is 5.38. The number of carbonyl (C=O) groups excluding carboxylic acids is 1. The number of anilines is 1. The standard InChI is InChI=1S/C25H26N4O2/c1-17-11-13-21(14-12-17)29-19(3)24(18(2)28-29)27-23(30)16-26-25(22-10-7-15-31-22)20-8-5-4-6-9-20/h4-15,25-26H,16H2,1-3H3,(H,27,30)/p+1/t25-/m0/s1. The van der Waals surface area contributed by atoms with Crippen LogP contribution in [0.2, 0.25) is 0 Å². The lowest BCUT2D eigenvalue weighted by Crippen LogP contribution is -2.87. The van der Waals surface area contributed by atoms with Crippen LogP contribution in [0.15, 0.2) is 77.4 Å². The van der Waals surface area contributed by atoms with Gasteiger partial charge in [0.25, 0.3) is 5.91 Å². The van der Waals surface area contributed by atoms with Gasteiger partial charge in [-0.25, -0.2) is 4.68 Å². The van der Waals surface area contributed by atoms with Crippen molar-refractivity contribution >= 4 is 11.6 Å². The van der Waals surface area contributed by atoms with Crippen LogP contribution in [0.5, 0.6) is 0 Å². The summed E-state index contributed by atoms with van der Waals surface area (Å²) in [5.41, 5.74) is 5.70. The van der Waals surface area contributed by atoms with Gasteiger partial charge in [0.2, 0.25) is 0 Å². The minimum absolute atomic E-state index is 0.0813. The predicted octanol–water partition coefficient (Wildman–Crippen LogP) is 3.68. The van der Waals surface area contributed by atoms with Crippen LogP contribution in [-0.2, 0) is 4.79 Å². The number of amides is 1. The van der Waals surface area contributed by atoms with E-state index in [9.17, 15) is 4.79 Å². The van der Waals surface area contributed by atoms with Gasteiger partial charge in [0.1, 0.15) is 0 Å². The number of benzene rings is 2. The fraction of sp³-hybridized carbons (Fsp3) is 0.200. The largest absolute Gasteiger partial charge is 0.463 e. The molecule has 158 valence electrons. The highest BCUT2D eigenvalue weighted by Gasteiger charge is 2.22. The molecule has 0 aliphatic heterocycles. The number of hydrogen-bond donors (Lipinski definition) is 2. The highest BCUT2D eigenvalue weighted by Crippen LogP contribution is 2.23. The van der Waals surface area contributed by atoms with E-state index in [0.29, 0.717) is 0 Å². The molecule has 0 bridgehead atoms. The van der Waals surface area contributed by atoms with E-state index < -0.39 is 0 Å². The molecule has 6 heteroatoms. The quantitative estimate of drug-likeness (QED) is 0.483. The van der Waals surface area contributed by atoms with Crippen LogP contribution in [0.4, 0.5) is 5.69 Å². The second-order valence-electron chi connectivity index (χ2n) is 7.68. The molecule has 0 aliphatic rings. The Labute approximate surface area is 181 Å². The van der Waals surface area contributed by atoms with Crippen molar-refractivity contribution in [3.63, 3.8) is 0 Å². The summed E-state index contributed by atoms with van der Waals surface area (Å²) in [4.78, 5) is 12.8. The fourth-order valence-electron chi connectivity index (χ4n) is 3.72. The molecule has 1 amide bonds. The average molecular weight is 416 g/mol. The van der Waals surface area contributed by atoms with Gasteiger partial charge in [0.05, 0.1) is 29.0 Å². The summed E-state index contributed by atoms with van der Waals surface area (Å²) in [6.45, 7) is 6.19. The van der Waals surface area contributed by atoms with Gasteiger partial charge in [0.15, 0.2) is 18.3 Å². The molecule has 0 fully saturated rings. The van der Waals surface area contributed by atoms with E-state index >= 15 is 0 Å². The van der Waals surface area contributed by atoms with Crippen molar-refractivity contribution in [1.29, 1.82) is 0 Å². The molecular formula is C25H27N4O2+.